The van der Waals surface area contributed by atoms with Crippen molar-refractivity contribution in [1.82, 2.24) is 0 Å². The van der Waals surface area contributed by atoms with E-state index < -0.39 is 20.4 Å². The molecular formula is C16H24Cl2SiZr. The first-order valence-corrected chi connectivity index (χ1v) is 15.5. The van der Waals surface area contributed by atoms with Gasteiger partial charge in [-0.3, -0.25) is 0 Å². The molecule has 0 amide bonds. The Morgan fingerprint density at radius 1 is 1.15 bits per heavy atom. The third kappa shape index (κ3) is 3.88. The van der Waals surface area contributed by atoms with Crippen LogP contribution in [0.4, 0.5) is 0 Å². The summed E-state index contributed by atoms with van der Waals surface area (Å²) in [7, 11) is 0. The van der Waals surface area contributed by atoms with E-state index in [9.17, 15) is 0 Å². The fourth-order valence-electron chi connectivity index (χ4n) is 3.20. The zero-order valence-corrected chi connectivity index (χ0v) is 18.2. The molecule has 0 aromatic heterocycles. The molecule has 0 aromatic rings. The summed E-state index contributed by atoms with van der Waals surface area (Å²) in [6.45, 7) is 14.5. The van der Waals surface area contributed by atoms with Crippen LogP contribution in [0.5, 0.6) is 0 Å². The molecule has 2 aliphatic carbocycles. The van der Waals surface area contributed by atoms with Gasteiger partial charge in [-0.05, 0) is 0 Å². The summed E-state index contributed by atoms with van der Waals surface area (Å²) in [6, 6.07) is 0. The average Bonchev–Trinajstić information content (AvgIpc) is 2.79. The summed E-state index contributed by atoms with van der Waals surface area (Å²) < 4.78 is 3.80. The number of halogens is 2. The predicted molar refractivity (Wildman–Crippen MR) is 79.6 cm³/mol. The Balaban J connectivity index is 0.00000180. The molecule has 1 atom stereocenters. The molecule has 0 radical (unpaired) electrons. The van der Waals surface area contributed by atoms with E-state index >= 15 is 0 Å². The van der Waals surface area contributed by atoms with E-state index in [2.05, 4.69) is 59.0 Å². The molecule has 4 heteroatoms. The molecule has 20 heavy (non-hydrogen) atoms. The number of hydrogen-bond acceptors (Lipinski definition) is 0. The van der Waals surface area contributed by atoms with E-state index in [1.807, 2.05) is 6.56 Å². The van der Waals surface area contributed by atoms with Crippen LogP contribution >= 0.6 is 0 Å². The van der Waals surface area contributed by atoms with E-state index in [1.54, 1.807) is 16.7 Å². The monoisotopic (exact) mass is 404 g/mol. The minimum Gasteiger partial charge on any atom is -1.00 e. The minimum atomic E-state index is -1.55. The van der Waals surface area contributed by atoms with Crippen molar-refractivity contribution in [3.8, 4) is 0 Å². The van der Waals surface area contributed by atoms with Gasteiger partial charge in [-0.1, -0.05) is 0 Å². The molecule has 0 heterocycles. The Kier molecular flexibility index (Phi) is 8.59. The number of allylic oxidation sites excluding steroid dienone is 8. The summed E-state index contributed by atoms with van der Waals surface area (Å²) >= 11 is -1.55. The fraction of sp³-hybridized carbons (Fsp3) is 0.500. The van der Waals surface area contributed by atoms with Gasteiger partial charge >= 0.3 is 120 Å². The summed E-state index contributed by atoms with van der Waals surface area (Å²) in [5, 5.41) is 0. The molecule has 0 aromatic carbocycles. The molecule has 0 nitrogen and oxygen atoms in total. The van der Waals surface area contributed by atoms with Gasteiger partial charge in [0.1, 0.15) is 0 Å². The average molecular weight is 407 g/mol. The van der Waals surface area contributed by atoms with Crippen LogP contribution in [-0.2, 0) is 20.4 Å². The maximum absolute atomic E-state index is 2.55. The van der Waals surface area contributed by atoms with Crippen molar-refractivity contribution in [2.24, 2.45) is 5.92 Å². The van der Waals surface area contributed by atoms with E-state index in [0.29, 0.717) is 0 Å². The first-order valence-electron chi connectivity index (χ1n) is 6.87. The maximum atomic E-state index is 2.55. The minimum absolute atomic E-state index is 0. The van der Waals surface area contributed by atoms with Crippen LogP contribution in [0, 0.1) is 5.92 Å². The van der Waals surface area contributed by atoms with E-state index in [-0.39, 0.29) is 30.2 Å². The predicted octanol–water partition coefficient (Wildman–Crippen LogP) is -1.03. The molecule has 0 N–H and O–H groups in total. The molecule has 1 unspecified atom stereocenters. The van der Waals surface area contributed by atoms with Crippen LogP contribution < -0.4 is 24.8 Å². The van der Waals surface area contributed by atoms with Gasteiger partial charge in [0.15, 0.2) is 0 Å². The Hall–Kier alpha value is 0.640. The van der Waals surface area contributed by atoms with E-state index in [0.717, 1.165) is 5.92 Å². The first-order chi connectivity index (χ1) is 8.43. The Morgan fingerprint density at radius 3 is 2.10 bits per heavy atom. The number of rotatable bonds is 2. The third-order valence-corrected chi connectivity index (χ3v) is 22.3. The van der Waals surface area contributed by atoms with Crippen LogP contribution in [0.2, 0.25) is 13.1 Å². The zero-order valence-electron chi connectivity index (χ0n) is 13.3. The molecule has 0 spiro atoms. The molecule has 2 aliphatic rings. The summed E-state index contributed by atoms with van der Waals surface area (Å²) in [4.78, 5) is 0. The molecule has 0 bridgehead atoms. The van der Waals surface area contributed by atoms with Gasteiger partial charge in [0.25, 0.3) is 0 Å². The van der Waals surface area contributed by atoms with Crippen molar-refractivity contribution in [3.63, 3.8) is 0 Å². The van der Waals surface area contributed by atoms with Crippen LogP contribution in [0.15, 0.2) is 41.5 Å². The van der Waals surface area contributed by atoms with E-state index in [1.165, 1.54) is 6.42 Å². The largest absolute Gasteiger partial charge is 1.00 e. The molecule has 2 rings (SSSR count). The summed E-state index contributed by atoms with van der Waals surface area (Å²) in [5.41, 5.74) is 4.65. The number of hydrogen-bond donors (Lipinski definition) is 0. The summed E-state index contributed by atoms with van der Waals surface area (Å²) in [5.74, 6) is 0.722. The van der Waals surface area contributed by atoms with Gasteiger partial charge in [0.2, 0.25) is 0 Å². The van der Waals surface area contributed by atoms with Crippen molar-refractivity contribution >= 4 is 5.43 Å². The van der Waals surface area contributed by atoms with Crippen LogP contribution in [0.3, 0.4) is 0 Å². The van der Waals surface area contributed by atoms with Gasteiger partial charge < -0.3 is 24.8 Å². The molecule has 0 saturated carbocycles. The Labute approximate surface area is 144 Å². The van der Waals surface area contributed by atoms with Crippen LogP contribution in [0.25, 0.3) is 0 Å². The Morgan fingerprint density at radius 2 is 1.75 bits per heavy atom. The second kappa shape index (κ2) is 8.32. The van der Waals surface area contributed by atoms with Crippen molar-refractivity contribution in [2.45, 2.75) is 47.2 Å². The quantitative estimate of drug-likeness (QED) is 0.515. The molecule has 0 aliphatic heterocycles. The smallest absolute Gasteiger partial charge is 1.00 e. The molecule has 110 valence electrons. The van der Waals surface area contributed by atoms with Crippen LogP contribution in [-0.4, -0.2) is 5.43 Å². The SMILES string of the molecule is CC1=CC(C)[C]([Zr+2]([C]2=C(C)C=CC2)=[Si](C)C)=C1C.[Cl-].[Cl-]. The van der Waals surface area contributed by atoms with E-state index in [4.69, 9.17) is 0 Å². The summed E-state index contributed by atoms with van der Waals surface area (Å²) in [6.07, 6.45) is 8.50. The van der Waals surface area contributed by atoms with Gasteiger partial charge in [0.05, 0.1) is 0 Å². The molecular weight excluding hydrogens is 382 g/mol. The topological polar surface area (TPSA) is 0 Å². The second-order valence-corrected chi connectivity index (χ2v) is 22.8. The zero-order chi connectivity index (χ0) is 13.4. The standard InChI is InChI=1S/C8H11.C6H7.C2H6Si.2ClH.Zr/c1-6-4-7(2)8(3)5-6;1-6-4-2-3-5-6;1-3-2;;;/h4,6H,1-3H3;2,4H,3H2,1H3;1-2H3;2*1H;/q;;;;;+2/p-2. The third-order valence-electron chi connectivity index (χ3n) is 4.19. The van der Waals surface area contributed by atoms with Crippen molar-refractivity contribution in [3.05, 3.63) is 41.5 Å². The van der Waals surface area contributed by atoms with Crippen molar-refractivity contribution in [2.75, 3.05) is 0 Å². The molecule has 0 fully saturated rings. The van der Waals surface area contributed by atoms with Gasteiger partial charge in [-0.2, -0.15) is 0 Å². The normalized spacial score (nSPS) is 20.2. The van der Waals surface area contributed by atoms with Gasteiger partial charge in [0, 0.05) is 0 Å². The van der Waals surface area contributed by atoms with Gasteiger partial charge in [-0.15, -0.1) is 0 Å². The molecule has 0 saturated heterocycles. The fourth-order valence-corrected chi connectivity index (χ4v) is 22.5. The van der Waals surface area contributed by atoms with Crippen molar-refractivity contribution < 1.29 is 45.2 Å². The first kappa shape index (κ1) is 20.6. The van der Waals surface area contributed by atoms with Crippen molar-refractivity contribution in [1.29, 1.82) is 0 Å². The van der Waals surface area contributed by atoms with Crippen LogP contribution in [0.1, 0.15) is 34.1 Å². The maximum Gasteiger partial charge on any atom is -1.00 e. The Bertz CT molecular complexity index is 547. The van der Waals surface area contributed by atoms with Gasteiger partial charge in [-0.25, -0.2) is 0 Å². The second-order valence-electron chi connectivity index (χ2n) is 5.82.